The second-order valence-corrected chi connectivity index (χ2v) is 16.2. The van der Waals surface area contributed by atoms with Gasteiger partial charge in [0.25, 0.3) is 5.91 Å². The number of likely N-dealkylation sites (N-methyl/N-ethyl adjacent to an activating group) is 2. The van der Waals surface area contributed by atoms with Crippen LogP contribution in [0.4, 0.5) is 14.9 Å². The van der Waals surface area contributed by atoms with Crippen LogP contribution in [0.1, 0.15) is 78.4 Å². The monoisotopic (exact) mass is 783 g/mol. The minimum Gasteiger partial charge on any atom is -0.458 e. The van der Waals surface area contributed by atoms with Crippen LogP contribution in [0, 0.1) is 5.92 Å². The van der Waals surface area contributed by atoms with Crippen LogP contribution in [-0.2, 0) is 55.9 Å². The Bertz CT molecular complexity index is 1630. The van der Waals surface area contributed by atoms with E-state index in [1.54, 1.807) is 32.9 Å². The number of alkyl halides is 1. The van der Waals surface area contributed by atoms with Gasteiger partial charge in [-0.1, -0.05) is 55.3 Å². The van der Waals surface area contributed by atoms with Gasteiger partial charge in [0.05, 0.1) is 13.2 Å². The molecule has 0 radical (unpaired) electrons. The second kappa shape index (κ2) is 19.4. The molecule has 0 aromatic heterocycles. The highest BCUT2D eigenvalue weighted by Crippen LogP contribution is 2.35. The van der Waals surface area contributed by atoms with Crippen molar-refractivity contribution in [1.29, 1.82) is 0 Å². The van der Waals surface area contributed by atoms with Gasteiger partial charge in [0.15, 0.2) is 12.2 Å². The Morgan fingerprint density at radius 2 is 1.43 bits per heavy atom. The molecular formula is C42H58FN3O10. The van der Waals surface area contributed by atoms with Crippen LogP contribution in [0.25, 0.3) is 0 Å². The number of esters is 3. The van der Waals surface area contributed by atoms with Gasteiger partial charge in [0, 0.05) is 45.7 Å². The first-order chi connectivity index (χ1) is 26.3. The van der Waals surface area contributed by atoms with Gasteiger partial charge in [0.2, 0.25) is 0 Å². The van der Waals surface area contributed by atoms with Gasteiger partial charge in [-0.2, -0.15) is 0 Å². The number of hydrogen-bond acceptors (Lipinski definition) is 11. The molecule has 2 aliphatic rings. The quantitative estimate of drug-likeness (QED) is 0.145. The molecule has 0 N–H and O–H groups in total. The predicted molar refractivity (Wildman–Crippen MR) is 206 cm³/mol. The number of hydrogen-bond donors (Lipinski definition) is 0. The second-order valence-electron chi connectivity index (χ2n) is 16.2. The minimum atomic E-state index is -1.91. The fraction of sp³-hybridized carbons (Fsp3) is 0.595. The number of ether oxygens (including phenoxy) is 5. The van der Waals surface area contributed by atoms with Gasteiger partial charge >= 0.3 is 24.0 Å². The van der Waals surface area contributed by atoms with E-state index >= 15 is 4.39 Å². The van der Waals surface area contributed by atoms with Gasteiger partial charge in [-0.05, 0) is 77.1 Å². The normalized spacial score (nSPS) is 16.8. The van der Waals surface area contributed by atoms with Crippen molar-refractivity contribution in [1.82, 2.24) is 9.80 Å². The lowest BCUT2D eigenvalue weighted by Gasteiger charge is -2.34. The Labute approximate surface area is 329 Å². The lowest BCUT2D eigenvalue weighted by atomic mass is 9.99. The lowest BCUT2D eigenvalue weighted by Crippen LogP contribution is -2.52. The van der Waals surface area contributed by atoms with Crippen LogP contribution in [-0.4, -0.2) is 116 Å². The number of morpholine rings is 1. The number of nitrogens with zero attached hydrogens (tertiary/aromatic N) is 3. The molecule has 4 rings (SSSR count). The largest absolute Gasteiger partial charge is 0.458 e. The van der Waals surface area contributed by atoms with E-state index < -0.39 is 71.9 Å². The summed E-state index contributed by atoms with van der Waals surface area (Å²) in [6, 6.07) is 14.0. The number of rotatable bonds is 17. The third-order valence-corrected chi connectivity index (χ3v) is 9.56. The third kappa shape index (κ3) is 13.8. The molecule has 1 saturated heterocycles. The Morgan fingerprint density at radius 3 is 2.00 bits per heavy atom. The smallest absolute Gasteiger partial charge is 0.410 e. The van der Waals surface area contributed by atoms with E-state index in [1.807, 2.05) is 42.5 Å². The first-order valence-electron chi connectivity index (χ1n) is 19.3. The lowest BCUT2D eigenvalue weighted by molar-refractivity contribution is -0.174. The van der Waals surface area contributed by atoms with Crippen molar-refractivity contribution in [3.63, 3.8) is 0 Å². The van der Waals surface area contributed by atoms with E-state index in [0.717, 1.165) is 42.1 Å². The molecule has 0 bridgehead atoms. The van der Waals surface area contributed by atoms with Crippen molar-refractivity contribution in [2.75, 3.05) is 45.3 Å². The Hall–Kier alpha value is -4.72. The zero-order chi connectivity index (χ0) is 41.2. The van der Waals surface area contributed by atoms with E-state index in [2.05, 4.69) is 4.90 Å². The number of anilines is 1. The molecule has 0 spiro atoms. The van der Waals surface area contributed by atoms with Crippen molar-refractivity contribution in [2.24, 2.45) is 5.92 Å². The molecule has 2 aromatic carbocycles. The first-order valence-corrected chi connectivity index (χ1v) is 19.3. The molecule has 1 saturated carbocycles. The molecule has 13 nitrogen and oxygen atoms in total. The molecule has 2 fully saturated rings. The zero-order valence-electron chi connectivity index (χ0n) is 34.0. The molecule has 0 unspecified atom stereocenters. The summed E-state index contributed by atoms with van der Waals surface area (Å²) in [6.45, 7) is 11.6. The Morgan fingerprint density at radius 1 is 0.821 bits per heavy atom. The first kappa shape index (κ1) is 44.0. The maximum absolute atomic E-state index is 15.2. The van der Waals surface area contributed by atoms with Gasteiger partial charge in [-0.3, -0.25) is 9.69 Å². The van der Waals surface area contributed by atoms with E-state index in [0.29, 0.717) is 18.8 Å². The van der Waals surface area contributed by atoms with Crippen molar-refractivity contribution < 1.29 is 52.0 Å². The number of halogens is 1. The van der Waals surface area contributed by atoms with Crippen LogP contribution in [0.15, 0.2) is 54.6 Å². The van der Waals surface area contributed by atoms with Crippen molar-refractivity contribution in [3.8, 4) is 0 Å². The molecular weight excluding hydrogens is 725 g/mol. The summed E-state index contributed by atoms with van der Waals surface area (Å²) in [4.78, 5) is 72.5. The predicted octanol–water partition coefficient (Wildman–Crippen LogP) is 5.65. The third-order valence-electron chi connectivity index (χ3n) is 9.56. The summed E-state index contributed by atoms with van der Waals surface area (Å²) in [5, 5.41) is 0. The Kier molecular flexibility index (Phi) is 15.3. The van der Waals surface area contributed by atoms with Crippen molar-refractivity contribution >= 4 is 35.6 Å². The summed E-state index contributed by atoms with van der Waals surface area (Å²) >= 11 is 0. The van der Waals surface area contributed by atoms with E-state index in [9.17, 15) is 24.0 Å². The molecule has 2 amide bonds. The fourth-order valence-electron chi connectivity index (χ4n) is 6.19. The molecule has 14 heteroatoms. The van der Waals surface area contributed by atoms with Crippen LogP contribution in [0.3, 0.4) is 0 Å². The van der Waals surface area contributed by atoms with Gasteiger partial charge < -0.3 is 33.5 Å². The van der Waals surface area contributed by atoms with Crippen LogP contribution in [0.5, 0.6) is 0 Å². The molecule has 1 heterocycles. The maximum atomic E-state index is 15.2. The molecule has 1 aliphatic heterocycles. The molecule has 2 aromatic rings. The average Bonchev–Trinajstić information content (AvgIpc) is 3.98. The summed E-state index contributed by atoms with van der Waals surface area (Å²) < 4.78 is 43.0. The van der Waals surface area contributed by atoms with Gasteiger partial charge in [0.1, 0.15) is 30.0 Å². The summed E-state index contributed by atoms with van der Waals surface area (Å²) in [6.07, 6.45) is -2.18. The number of benzene rings is 2. The SMILES string of the molecule is C[C@@H](OC(=O)[C@H](CC1CC1)N(C)C(=O)[C@@H](Cc1ccc(N2CCOCC2)cc1)OC(=O)[C@H](CC(C)(C)F)N(C)C(=O)OC(C)(C)C)C(=O)OCc1ccccc1. The molecule has 4 atom stereocenters. The van der Waals surface area contributed by atoms with Crippen LogP contribution < -0.4 is 4.90 Å². The highest BCUT2D eigenvalue weighted by atomic mass is 19.1. The summed E-state index contributed by atoms with van der Waals surface area (Å²) in [5.41, 5.74) is -0.436. The standard InChI is InChI=1S/C42H58FN3O10/c1-28(37(48)53-27-31-12-10-9-11-13-31)54-38(49)33(24-29-14-15-29)44(7)36(47)35(25-30-16-18-32(19-17-30)46-20-22-52-23-21-46)55-39(50)34(26-42(5,6)43)45(8)40(51)56-41(2,3)4/h9-13,16-19,28-29,33-35H,14-15,20-27H2,1-8H3/t28-,33+,34+,35-/m1/s1. The van der Waals surface area contributed by atoms with E-state index in [4.69, 9.17) is 23.7 Å². The molecule has 308 valence electrons. The number of carbonyl (C=O) groups is 5. The zero-order valence-corrected chi connectivity index (χ0v) is 34.0. The summed E-state index contributed by atoms with van der Waals surface area (Å²) in [7, 11) is 2.74. The minimum absolute atomic E-state index is 0.00434. The van der Waals surface area contributed by atoms with Gasteiger partial charge in [-0.25, -0.2) is 23.6 Å². The molecule has 1 aliphatic carbocycles. The number of carbonyl (C=O) groups excluding carboxylic acids is 5. The average molecular weight is 784 g/mol. The Balaban J connectivity index is 1.58. The van der Waals surface area contributed by atoms with E-state index in [-0.39, 0.29) is 25.4 Å². The van der Waals surface area contributed by atoms with Crippen molar-refractivity contribution in [3.05, 3.63) is 65.7 Å². The van der Waals surface area contributed by atoms with Crippen LogP contribution in [0.2, 0.25) is 0 Å². The fourth-order valence-corrected chi connectivity index (χ4v) is 6.19. The highest BCUT2D eigenvalue weighted by molar-refractivity contribution is 5.90. The highest BCUT2D eigenvalue weighted by Gasteiger charge is 2.42. The topological polar surface area (TPSA) is 141 Å². The van der Waals surface area contributed by atoms with Crippen molar-refractivity contribution in [2.45, 2.75) is 116 Å². The summed E-state index contributed by atoms with van der Waals surface area (Å²) in [5.74, 6) is -3.13. The van der Waals surface area contributed by atoms with Crippen LogP contribution >= 0.6 is 0 Å². The van der Waals surface area contributed by atoms with E-state index in [1.165, 1.54) is 39.8 Å². The molecule has 56 heavy (non-hydrogen) atoms. The van der Waals surface area contributed by atoms with Gasteiger partial charge in [-0.15, -0.1) is 0 Å². The maximum Gasteiger partial charge on any atom is 0.410 e. The number of amides is 2.